The van der Waals surface area contributed by atoms with Gasteiger partial charge in [0.05, 0.1) is 17.0 Å². The van der Waals surface area contributed by atoms with Crippen LogP contribution in [0.3, 0.4) is 0 Å². The summed E-state index contributed by atoms with van der Waals surface area (Å²) in [6, 6.07) is 15.6. The molecular formula is C23H15FN2O3. The van der Waals surface area contributed by atoms with Crippen molar-refractivity contribution in [1.82, 2.24) is 9.88 Å². The fraction of sp³-hybridized carbons (Fsp3) is 0.0870. The van der Waals surface area contributed by atoms with Crippen molar-refractivity contribution >= 4 is 16.9 Å². The Morgan fingerprint density at radius 2 is 1.90 bits per heavy atom. The van der Waals surface area contributed by atoms with Crippen LogP contribution in [0.1, 0.15) is 33.3 Å². The van der Waals surface area contributed by atoms with Crippen molar-refractivity contribution in [3.8, 4) is 0 Å². The fourth-order valence-corrected chi connectivity index (χ4v) is 3.84. The molecule has 0 saturated carbocycles. The van der Waals surface area contributed by atoms with Gasteiger partial charge in [0, 0.05) is 18.9 Å². The van der Waals surface area contributed by atoms with Crippen LogP contribution in [0.4, 0.5) is 4.39 Å². The zero-order valence-electron chi connectivity index (χ0n) is 15.2. The summed E-state index contributed by atoms with van der Waals surface area (Å²) in [5, 5.41) is 0.392. The van der Waals surface area contributed by atoms with E-state index in [1.54, 1.807) is 54.9 Å². The summed E-state index contributed by atoms with van der Waals surface area (Å²) in [5.41, 5.74) is 1.63. The van der Waals surface area contributed by atoms with E-state index >= 15 is 0 Å². The van der Waals surface area contributed by atoms with E-state index in [2.05, 4.69) is 4.98 Å². The molecule has 0 aliphatic carbocycles. The summed E-state index contributed by atoms with van der Waals surface area (Å²) in [7, 11) is 0. The third kappa shape index (κ3) is 2.81. The second-order valence-corrected chi connectivity index (χ2v) is 6.92. The number of para-hydroxylation sites is 1. The van der Waals surface area contributed by atoms with Crippen LogP contribution >= 0.6 is 0 Å². The molecule has 0 N–H and O–H groups in total. The predicted molar refractivity (Wildman–Crippen MR) is 105 cm³/mol. The number of aromatic nitrogens is 1. The second kappa shape index (κ2) is 6.67. The number of halogens is 1. The Labute approximate surface area is 165 Å². The van der Waals surface area contributed by atoms with Crippen molar-refractivity contribution in [2.45, 2.75) is 12.6 Å². The standard InChI is InChI=1S/C23H15FN2O3/c24-16-7-3-6-15(11-16)20-19-21(27)17-8-1-2-9-18(17)29-22(19)23(28)26(20)13-14-5-4-10-25-12-14/h1-12,20H,13H2/t20-/m0/s1. The Morgan fingerprint density at radius 1 is 1.03 bits per heavy atom. The number of amides is 1. The Morgan fingerprint density at radius 3 is 2.69 bits per heavy atom. The Balaban J connectivity index is 1.74. The van der Waals surface area contributed by atoms with E-state index in [-0.39, 0.29) is 23.3 Å². The van der Waals surface area contributed by atoms with Crippen molar-refractivity contribution < 1.29 is 13.6 Å². The van der Waals surface area contributed by atoms with Gasteiger partial charge in [-0.2, -0.15) is 0 Å². The van der Waals surface area contributed by atoms with E-state index in [0.29, 0.717) is 16.5 Å². The molecule has 1 aliphatic heterocycles. The number of hydrogen-bond acceptors (Lipinski definition) is 4. The smallest absolute Gasteiger partial charge is 0.291 e. The number of nitrogens with zero attached hydrogens (tertiary/aromatic N) is 2. The third-order valence-corrected chi connectivity index (χ3v) is 5.11. The highest BCUT2D eigenvalue weighted by atomic mass is 19.1. The van der Waals surface area contributed by atoms with Crippen LogP contribution in [-0.4, -0.2) is 15.8 Å². The first-order chi connectivity index (χ1) is 14.1. The summed E-state index contributed by atoms with van der Waals surface area (Å²) in [4.78, 5) is 32.2. The first kappa shape index (κ1) is 17.3. The van der Waals surface area contributed by atoms with Crippen molar-refractivity contribution in [2.24, 2.45) is 0 Å². The average molecular weight is 386 g/mol. The Bertz CT molecular complexity index is 1300. The van der Waals surface area contributed by atoms with Gasteiger partial charge in [0.1, 0.15) is 11.4 Å². The highest BCUT2D eigenvalue weighted by molar-refractivity contribution is 5.99. The van der Waals surface area contributed by atoms with E-state index in [4.69, 9.17) is 4.42 Å². The van der Waals surface area contributed by atoms with Crippen LogP contribution in [0.2, 0.25) is 0 Å². The largest absolute Gasteiger partial charge is 0.450 e. The maximum atomic E-state index is 14.0. The maximum Gasteiger partial charge on any atom is 0.291 e. The van der Waals surface area contributed by atoms with Gasteiger partial charge >= 0.3 is 0 Å². The molecule has 1 amide bonds. The average Bonchev–Trinajstić information content (AvgIpc) is 3.01. The molecule has 0 radical (unpaired) electrons. The van der Waals surface area contributed by atoms with Gasteiger partial charge in [-0.1, -0.05) is 30.3 Å². The van der Waals surface area contributed by atoms with Gasteiger partial charge in [-0.05, 0) is 41.5 Å². The van der Waals surface area contributed by atoms with Crippen molar-refractivity contribution in [3.05, 3.63) is 112 Å². The van der Waals surface area contributed by atoms with Crippen molar-refractivity contribution in [3.63, 3.8) is 0 Å². The minimum atomic E-state index is -0.741. The first-order valence-corrected chi connectivity index (χ1v) is 9.14. The molecule has 0 fully saturated rings. The zero-order chi connectivity index (χ0) is 20.0. The van der Waals surface area contributed by atoms with Gasteiger partial charge in [0.25, 0.3) is 5.91 Å². The number of carbonyl (C=O) groups is 1. The molecular weight excluding hydrogens is 371 g/mol. The van der Waals surface area contributed by atoms with Gasteiger partial charge in [-0.25, -0.2) is 4.39 Å². The molecule has 6 heteroatoms. The maximum absolute atomic E-state index is 14.0. The summed E-state index contributed by atoms with van der Waals surface area (Å²) in [5.74, 6) is -0.831. The number of rotatable bonds is 3. The SMILES string of the molecule is O=C1c2oc3ccccc3c(=O)c2[C@H](c2cccc(F)c2)N1Cc1cccnc1. The summed E-state index contributed by atoms with van der Waals surface area (Å²) < 4.78 is 19.8. The summed E-state index contributed by atoms with van der Waals surface area (Å²) >= 11 is 0. The Kier molecular flexibility index (Phi) is 3.98. The lowest BCUT2D eigenvalue weighted by Gasteiger charge is -2.25. The predicted octanol–water partition coefficient (Wildman–Crippen LogP) is 4.07. The van der Waals surface area contributed by atoms with Gasteiger partial charge in [0.2, 0.25) is 5.76 Å². The van der Waals surface area contributed by atoms with E-state index in [1.165, 1.54) is 17.0 Å². The molecule has 1 aliphatic rings. The normalized spacial score (nSPS) is 15.7. The highest BCUT2D eigenvalue weighted by Crippen LogP contribution is 2.39. The van der Waals surface area contributed by atoms with E-state index in [0.717, 1.165) is 5.56 Å². The number of fused-ring (bicyclic) bond motifs is 2. The van der Waals surface area contributed by atoms with Crippen LogP contribution in [-0.2, 0) is 6.54 Å². The highest BCUT2D eigenvalue weighted by Gasteiger charge is 2.42. The molecule has 5 nitrogen and oxygen atoms in total. The molecule has 29 heavy (non-hydrogen) atoms. The number of benzene rings is 2. The van der Waals surface area contributed by atoms with E-state index < -0.39 is 17.8 Å². The Hall–Kier alpha value is -3.80. The molecule has 0 saturated heterocycles. The monoisotopic (exact) mass is 386 g/mol. The number of carbonyl (C=O) groups excluding carboxylic acids is 1. The van der Waals surface area contributed by atoms with Crippen LogP contribution in [0, 0.1) is 5.82 Å². The first-order valence-electron chi connectivity index (χ1n) is 9.14. The van der Waals surface area contributed by atoms with Gasteiger partial charge < -0.3 is 9.32 Å². The van der Waals surface area contributed by atoms with E-state index in [9.17, 15) is 14.0 Å². The van der Waals surface area contributed by atoms with Gasteiger partial charge in [-0.15, -0.1) is 0 Å². The lowest BCUT2D eigenvalue weighted by Crippen LogP contribution is -2.29. The molecule has 2 aromatic heterocycles. The van der Waals surface area contributed by atoms with Crippen LogP contribution < -0.4 is 5.43 Å². The van der Waals surface area contributed by atoms with Crippen LogP contribution in [0.5, 0.6) is 0 Å². The second-order valence-electron chi connectivity index (χ2n) is 6.92. The lowest BCUT2D eigenvalue weighted by atomic mass is 9.98. The van der Waals surface area contributed by atoms with Crippen molar-refractivity contribution in [2.75, 3.05) is 0 Å². The topological polar surface area (TPSA) is 63.4 Å². The third-order valence-electron chi connectivity index (χ3n) is 5.11. The summed E-state index contributed by atoms with van der Waals surface area (Å²) in [6.07, 6.45) is 3.30. The van der Waals surface area contributed by atoms with Gasteiger partial charge in [0.15, 0.2) is 5.43 Å². The molecule has 142 valence electrons. The number of pyridine rings is 1. The zero-order valence-corrected chi connectivity index (χ0v) is 15.2. The molecule has 0 spiro atoms. The quantitative estimate of drug-likeness (QED) is 0.532. The number of hydrogen-bond donors (Lipinski definition) is 0. The molecule has 0 unspecified atom stereocenters. The molecule has 2 aromatic carbocycles. The fourth-order valence-electron chi connectivity index (χ4n) is 3.84. The van der Waals surface area contributed by atoms with Crippen LogP contribution in [0.25, 0.3) is 11.0 Å². The molecule has 4 aromatic rings. The lowest BCUT2D eigenvalue weighted by molar-refractivity contribution is 0.0714. The molecule has 5 rings (SSSR count). The van der Waals surface area contributed by atoms with Gasteiger partial charge in [-0.3, -0.25) is 14.6 Å². The minimum absolute atomic E-state index is 0.00634. The van der Waals surface area contributed by atoms with E-state index in [1.807, 2.05) is 6.07 Å². The molecule has 3 heterocycles. The van der Waals surface area contributed by atoms with Crippen molar-refractivity contribution in [1.29, 1.82) is 0 Å². The molecule has 1 atom stereocenters. The summed E-state index contributed by atoms with van der Waals surface area (Å²) in [6.45, 7) is 0.216. The minimum Gasteiger partial charge on any atom is -0.450 e. The van der Waals surface area contributed by atoms with Crippen LogP contribution in [0.15, 0.2) is 82.3 Å². The molecule has 0 bridgehead atoms.